The molecule has 0 radical (unpaired) electrons. The van der Waals surface area contributed by atoms with E-state index in [0.29, 0.717) is 5.92 Å². The van der Waals surface area contributed by atoms with E-state index in [-0.39, 0.29) is 11.7 Å². The molecule has 1 aromatic carbocycles. The van der Waals surface area contributed by atoms with Crippen molar-refractivity contribution in [2.75, 3.05) is 10.7 Å². The number of benzene rings is 1. The molecular formula is C18H25NO3S. The predicted octanol–water partition coefficient (Wildman–Crippen LogP) is 3.50. The van der Waals surface area contributed by atoms with E-state index < -0.39 is 21.3 Å². The number of hydrogen-bond donors (Lipinski definition) is 0. The Morgan fingerprint density at radius 3 is 2.13 bits per heavy atom. The van der Waals surface area contributed by atoms with Gasteiger partial charge in [-0.05, 0) is 29.7 Å². The van der Waals surface area contributed by atoms with E-state index in [4.69, 9.17) is 0 Å². The Balaban J connectivity index is 2.42. The van der Waals surface area contributed by atoms with Gasteiger partial charge in [-0.2, -0.15) is 0 Å². The lowest BCUT2D eigenvalue weighted by molar-refractivity contribution is -0.126. The minimum Gasteiger partial charge on any atom is -0.304 e. The Kier molecular flexibility index (Phi) is 4.71. The highest BCUT2D eigenvalue weighted by Gasteiger charge is 2.36. The van der Waals surface area contributed by atoms with Crippen molar-refractivity contribution >= 4 is 21.4 Å². The summed E-state index contributed by atoms with van der Waals surface area (Å²) in [4.78, 5) is 14.5. The SMILES string of the molecule is CC(C)c1ccc(N(C(=O)C(C)(C)C)[C@@H]2C=CS(=O)(=O)C2)cc1. The molecule has 0 fully saturated rings. The fraction of sp³-hybridized carbons (Fsp3) is 0.500. The van der Waals surface area contributed by atoms with Gasteiger partial charge >= 0.3 is 0 Å². The molecule has 126 valence electrons. The van der Waals surface area contributed by atoms with Crippen molar-refractivity contribution in [2.45, 2.75) is 46.6 Å². The number of carbonyl (C=O) groups is 1. The summed E-state index contributed by atoms with van der Waals surface area (Å²) in [6.45, 7) is 9.76. The number of hydrogen-bond acceptors (Lipinski definition) is 3. The highest BCUT2D eigenvalue weighted by atomic mass is 32.2. The molecule has 0 aliphatic carbocycles. The molecule has 1 heterocycles. The van der Waals surface area contributed by atoms with Crippen LogP contribution in [-0.2, 0) is 14.6 Å². The minimum absolute atomic E-state index is 0.0548. The molecule has 5 heteroatoms. The normalized spacial score (nSPS) is 20.0. The van der Waals surface area contributed by atoms with Crippen molar-refractivity contribution in [1.29, 1.82) is 0 Å². The maximum atomic E-state index is 12.9. The van der Waals surface area contributed by atoms with Crippen molar-refractivity contribution in [3.05, 3.63) is 41.3 Å². The van der Waals surface area contributed by atoms with E-state index >= 15 is 0 Å². The molecule has 2 rings (SSSR count). The first kappa shape index (κ1) is 17.7. The molecule has 0 N–H and O–H groups in total. The van der Waals surface area contributed by atoms with Crippen LogP contribution < -0.4 is 4.90 Å². The first-order chi connectivity index (χ1) is 10.5. The second kappa shape index (κ2) is 6.11. The van der Waals surface area contributed by atoms with Crippen LogP contribution in [0.25, 0.3) is 0 Å². The quantitative estimate of drug-likeness (QED) is 0.849. The molecule has 1 amide bonds. The van der Waals surface area contributed by atoms with E-state index in [1.54, 1.807) is 11.0 Å². The van der Waals surface area contributed by atoms with E-state index in [0.717, 1.165) is 5.69 Å². The molecule has 0 saturated carbocycles. The number of anilines is 1. The highest BCUT2D eigenvalue weighted by Crippen LogP contribution is 2.29. The highest BCUT2D eigenvalue weighted by molar-refractivity contribution is 7.94. The average molecular weight is 335 g/mol. The standard InChI is InChI=1S/C18H25NO3S/c1-13(2)14-6-8-15(9-7-14)19(17(20)18(3,4)5)16-10-11-23(21,22)12-16/h6-11,13,16H,12H2,1-5H3/t16-/m1/s1. The fourth-order valence-corrected chi connectivity index (χ4v) is 3.83. The summed E-state index contributed by atoms with van der Waals surface area (Å²) < 4.78 is 23.5. The van der Waals surface area contributed by atoms with Crippen LogP contribution in [-0.4, -0.2) is 26.1 Å². The molecule has 1 aromatic rings. The summed E-state index contributed by atoms with van der Waals surface area (Å²) >= 11 is 0. The van der Waals surface area contributed by atoms with Crippen LogP contribution in [0.5, 0.6) is 0 Å². The third-order valence-corrected chi connectivity index (χ3v) is 5.32. The number of carbonyl (C=O) groups excluding carboxylic acids is 1. The van der Waals surface area contributed by atoms with Crippen LogP contribution >= 0.6 is 0 Å². The Morgan fingerprint density at radius 1 is 1.17 bits per heavy atom. The lowest BCUT2D eigenvalue weighted by atomic mass is 9.93. The van der Waals surface area contributed by atoms with Gasteiger partial charge in [-0.3, -0.25) is 4.79 Å². The van der Waals surface area contributed by atoms with Crippen molar-refractivity contribution in [3.8, 4) is 0 Å². The van der Waals surface area contributed by atoms with Crippen LogP contribution in [0.4, 0.5) is 5.69 Å². The van der Waals surface area contributed by atoms with Gasteiger partial charge in [-0.1, -0.05) is 46.8 Å². The summed E-state index contributed by atoms with van der Waals surface area (Å²) in [5.74, 6) is 0.268. The van der Waals surface area contributed by atoms with Crippen molar-refractivity contribution in [2.24, 2.45) is 5.41 Å². The van der Waals surface area contributed by atoms with Crippen LogP contribution in [0.15, 0.2) is 35.7 Å². The summed E-state index contributed by atoms with van der Waals surface area (Å²) in [6, 6.07) is 7.35. The third kappa shape index (κ3) is 4.02. The molecule has 0 bridgehead atoms. The van der Waals surface area contributed by atoms with Gasteiger partial charge in [0, 0.05) is 16.5 Å². The third-order valence-electron chi connectivity index (χ3n) is 3.94. The topological polar surface area (TPSA) is 54.5 Å². The molecule has 0 aromatic heterocycles. The van der Waals surface area contributed by atoms with Gasteiger partial charge < -0.3 is 4.90 Å². The van der Waals surface area contributed by atoms with Gasteiger partial charge in [-0.15, -0.1) is 0 Å². The van der Waals surface area contributed by atoms with Gasteiger partial charge in [0.15, 0.2) is 9.84 Å². The maximum Gasteiger partial charge on any atom is 0.232 e. The zero-order chi connectivity index (χ0) is 17.4. The molecule has 0 unspecified atom stereocenters. The molecule has 0 spiro atoms. The summed E-state index contributed by atoms with van der Waals surface area (Å²) in [6.07, 6.45) is 1.61. The minimum atomic E-state index is -3.22. The molecule has 1 atom stereocenters. The Bertz CT molecular complexity index is 710. The molecular weight excluding hydrogens is 310 g/mol. The Morgan fingerprint density at radius 2 is 1.74 bits per heavy atom. The molecule has 4 nitrogen and oxygen atoms in total. The Labute approximate surface area is 139 Å². The zero-order valence-corrected chi connectivity index (χ0v) is 15.2. The van der Waals surface area contributed by atoms with Gasteiger partial charge in [0.25, 0.3) is 0 Å². The molecule has 0 saturated heterocycles. The lowest BCUT2D eigenvalue weighted by Gasteiger charge is -2.33. The van der Waals surface area contributed by atoms with Crippen LogP contribution in [0.1, 0.15) is 46.1 Å². The van der Waals surface area contributed by atoms with E-state index in [9.17, 15) is 13.2 Å². The van der Waals surface area contributed by atoms with Crippen molar-refractivity contribution < 1.29 is 13.2 Å². The van der Waals surface area contributed by atoms with Crippen molar-refractivity contribution in [1.82, 2.24) is 0 Å². The Hall–Kier alpha value is -1.62. The first-order valence-electron chi connectivity index (χ1n) is 7.86. The van der Waals surface area contributed by atoms with Gasteiger partial charge in [0.1, 0.15) is 0 Å². The molecule has 1 aliphatic rings. The zero-order valence-electron chi connectivity index (χ0n) is 14.4. The van der Waals surface area contributed by atoms with E-state index in [1.165, 1.54) is 11.0 Å². The van der Waals surface area contributed by atoms with Crippen LogP contribution in [0.3, 0.4) is 0 Å². The first-order valence-corrected chi connectivity index (χ1v) is 9.57. The number of nitrogens with zero attached hydrogens (tertiary/aromatic N) is 1. The van der Waals surface area contributed by atoms with Gasteiger partial charge in [0.05, 0.1) is 11.8 Å². The second-order valence-corrected chi connectivity index (χ2v) is 9.33. The largest absolute Gasteiger partial charge is 0.304 e. The summed E-state index contributed by atoms with van der Waals surface area (Å²) in [5.41, 5.74) is 1.34. The summed E-state index contributed by atoms with van der Waals surface area (Å²) in [5, 5.41) is 1.21. The van der Waals surface area contributed by atoms with E-state index in [1.807, 2.05) is 45.0 Å². The number of rotatable bonds is 3. The number of sulfone groups is 1. The van der Waals surface area contributed by atoms with Crippen LogP contribution in [0, 0.1) is 5.41 Å². The van der Waals surface area contributed by atoms with Gasteiger partial charge in [-0.25, -0.2) is 8.42 Å². The smallest absolute Gasteiger partial charge is 0.232 e. The second-order valence-electron chi connectivity index (χ2n) is 7.40. The van der Waals surface area contributed by atoms with Crippen molar-refractivity contribution in [3.63, 3.8) is 0 Å². The maximum absolute atomic E-state index is 12.9. The number of amides is 1. The molecule has 23 heavy (non-hydrogen) atoms. The average Bonchev–Trinajstić information content (AvgIpc) is 2.78. The monoisotopic (exact) mass is 335 g/mol. The predicted molar refractivity (Wildman–Crippen MR) is 94.2 cm³/mol. The van der Waals surface area contributed by atoms with E-state index in [2.05, 4.69) is 13.8 Å². The lowest BCUT2D eigenvalue weighted by Crippen LogP contribution is -2.46. The van der Waals surface area contributed by atoms with Crippen LogP contribution in [0.2, 0.25) is 0 Å². The fourth-order valence-electron chi connectivity index (χ4n) is 2.56. The van der Waals surface area contributed by atoms with Gasteiger partial charge in [0.2, 0.25) is 5.91 Å². The summed E-state index contributed by atoms with van der Waals surface area (Å²) in [7, 11) is -3.22. The molecule has 1 aliphatic heterocycles.